The monoisotopic (exact) mass is 487 g/mol. The van der Waals surface area contributed by atoms with Crippen molar-refractivity contribution < 1.29 is 0 Å². The summed E-state index contributed by atoms with van der Waals surface area (Å²) in [5.41, 5.74) is 10.5. The standard InChI is InChI=1S/C30H29N7/c1-5-7-19(3)34-24-13-22(16-32-18-24)23-14-27-29(36-37-30(27)33-17-23)28-15-26(20(4)35-28)25(8-6-2)21-9-11-31-12-10-21/h6,8-18,34-35H,2-3,5,7H2,1,4H3,(H,33,36,37)/b25-8-. The van der Waals surface area contributed by atoms with Gasteiger partial charge in [-0.3, -0.25) is 15.1 Å². The molecule has 7 heteroatoms. The van der Waals surface area contributed by atoms with Gasteiger partial charge in [0, 0.05) is 58.3 Å². The molecule has 7 nitrogen and oxygen atoms in total. The molecule has 0 amide bonds. The maximum atomic E-state index is 4.61. The summed E-state index contributed by atoms with van der Waals surface area (Å²) in [6, 6.07) is 10.3. The van der Waals surface area contributed by atoms with Gasteiger partial charge in [-0.15, -0.1) is 0 Å². The van der Waals surface area contributed by atoms with Crippen LogP contribution in [0.3, 0.4) is 0 Å². The Kier molecular flexibility index (Phi) is 6.76. The fourth-order valence-electron chi connectivity index (χ4n) is 4.46. The van der Waals surface area contributed by atoms with Crippen LogP contribution in [0.25, 0.3) is 39.1 Å². The second-order valence-electron chi connectivity index (χ2n) is 8.91. The number of hydrogen-bond acceptors (Lipinski definition) is 5. The highest BCUT2D eigenvalue weighted by Crippen LogP contribution is 2.34. The van der Waals surface area contributed by atoms with Crippen LogP contribution in [0.15, 0.2) is 92.3 Å². The zero-order chi connectivity index (χ0) is 25.8. The van der Waals surface area contributed by atoms with Gasteiger partial charge in [0.2, 0.25) is 0 Å². The van der Waals surface area contributed by atoms with E-state index in [1.165, 1.54) is 0 Å². The van der Waals surface area contributed by atoms with Crippen LogP contribution >= 0.6 is 0 Å². The second kappa shape index (κ2) is 10.5. The first-order valence-corrected chi connectivity index (χ1v) is 12.2. The van der Waals surface area contributed by atoms with E-state index in [4.69, 9.17) is 0 Å². The smallest absolute Gasteiger partial charge is 0.181 e. The van der Waals surface area contributed by atoms with Gasteiger partial charge in [-0.2, -0.15) is 5.10 Å². The molecule has 0 saturated heterocycles. The molecule has 0 aliphatic heterocycles. The Hall–Kier alpha value is -4.78. The number of H-pyrrole nitrogens is 2. The lowest BCUT2D eigenvalue weighted by atomic mass is 9.98. The number of aromatic nitrogens is 6. The van der Waals surface area contributed by atoms with Crippen molar-refractivity contribution >= 4 is 22.3 Å². The van der Waals surface area contributed by atoms with Gasteiger partial charge in [0.1, 0.15) is 0 Å². The summed E-state index contributed by atoms with van der Waals surface area (Å²) in [6.45, 7) is 12.2. The van der Waals surface area contributed by atoms with E-state index in [-0.39, 0.29) is 0 Å². The van der Waals surface area contributed by atoms with Gasteiger partial charge in [0.25, 0.3) is 0 Å². The highest BCUT2D eigenvalue weighted by molar-refractivity contribution is 5.94. The lowest BCUT2D eigenvalue weighted by Gasteiger charge is -2.09. The molecule has 0 saturated carbocycles. The predicted octanol–water partition coefficient (Wildman–Crippen LogP) is 7.06. The molecule has 0 radical (unpaired) electrons. The number of allylic oxidation sites excluding steroid dienone is 3. The lowest BCUT2D eigenvalue weighted by molar-refractivity contribution is 0.913. The lowest BCUT2D eigenvalue weighted by Crippen LogP contribution is -1.98. The van der Waals surface area contributed by atoms with Crippen molar-refractivity contribution in [2.24, 2.45) is 0 Å². The molecule has 5 heterocycles. The Morgan fingerprint density at radius 2 is 1.86 bits per heavy atom. The molecule has 5 aromatic heterocycles. The molecule has 0 fully saturated rings. The molecule has 0 aliphatic carbocycles. The van der Waals surface area contributed by atoms with Crippen molar-refractivity contribution in [3.63, 3.8) is 0 Å². The number of pyridine rings is 3. The quantitative estimate of drug-likeness (QED) is 0.193. The first-order valence-electron chi connectivity index (χ1n) is 12.2. The summed E-state index contributed by atoms with van der Waals surface area (Å²) in [7, 11) is 0. The summed E-state index contributed by atoms with van der Waals surface area (Å²) >= 11 is 0. The van der Waals surface area contributed by atoms with Gasteiger partial charge in [-0.25, -0.2) is 4.98 Å². The number of nitrogens with zero attached hydrogens (tertiary/aromatic N) is 4. The molecular weight excluding hydrogens is 458 g/mol. The van der Waals surface area contributed by atoms with Gasteiger partial charge in [-0.05, 0) is 54.8 Å². The van der Waals surface area contributed by atoms with Crippen LogP contribution in [-0.4, -0.2) is 30.1 Å². The Morgan fingerprint density at radius 3 is 2.65 bits per heavy atom. The summed E-state index contributed by atoms with van der Waals surface area (Å²) < 4.78 is 0. The van der Waals surface area contributed by atoms with Crippen molar-refractivity contribution in [1.82, 2.24) is 30.1 Å². The Morgan fingerprint density at radius 1 is 1.05 bits per heavy atom. The number of aromatic amines is 2. The zero-order valence-electron chi connectivity index (χ0n) is 21.0. The van der Waals surface area contributed by atoms with E-state index in [1.54, 1.807) is 24.7 Å². The normalized spacial score (nSPS) is 11.6. The molecule has 5 aromatic rings. The molecular formula is C30H29N7. The average molecular weight is 488 g/mol. The van der Waals surface area contributed by atoms with Gasteiger partial charge in [0.15, 0.2) is 5.65 Å². The first-order chi connectivity index (χ1) is 18.1. The second-order valence-corrected chi connectivity index (χ2v) is 8.91. The molecule has 37 heavy (non-hydrogen) atoms. The maximum absolute atomic E-state index is 4.61. The molecule has 0 spiro atoms. The summed E-state index contributed by atoms with van der Waals surface area (Å²) in [5.74, 6) is 0. The minimum Gasteiger partial charge on any atom is -0.358 e. The number of rotatable bonds is 9. The Balaban J connectivity index is 1.52. The maximum Gasteiger partial charge on any atom is 0.181 e. The topological polar surface area (TPSA) is 95.2 Å². The van der Waals surface area contributed by atoms with Crippen LogP contribution in [0.5, 0.6) is 0 Å². The SMILES string of the molecule is C=C/C=C(/c1ccncc1)c1cc(-c2[nH]nc3ncc(-c4cncc(NC(=C)CCC)c4)cc23)[nH]c1C. The van der Waals surface area contributed by atoms with Crippen LogP contribution in [0.4, 0.5) is 5.69 Å². The van der Waals surface area contributed by atoms with Gasteiger partial charge in [0.05, 0.1) is 23.3 Å². The van der Waals surface area contributed by atoms with E-state index in [2.05, 4.69) is 80.7 Å². The highest BCUT2D eigenvalue weighted by atomic mass is 15.2. The zero-order valence-corrected chi connectivity index (χ0v) is 21.0. The van der Waals surface area contributed by atoms with E-state index in [0.29, 0.717) is 5.65 Å². The number of hydrogen-bond donors (Lipinski definition) is 3. The van der Waals surface area contributed by atoms with Crippen LogP contribution in [0.1, 0.15) is 36.6 Å². The number of nitrogens with one attached hydrogen (secondary N) is 3. The van der Waals surface area contributed by atoms with Crippen molar-refractivity contribution in [2.75, 3.05) is 5.32 Å². The minimum atomic E-state index is 0.655. The number of aryl methyl sites for hydroxylation is 1. The molecule has 5 rings (SSSR count). The number of fused-ring (bicyclic) bond motifs is 1. The van der Waals surface area contributed by atoms with Gasteiger partial charge >= 0.3 is 0 Å². The highest BCUT2D eigenvalue weighted by Gasteiger charge is 2.16. The summed E-state index contributed by atoms with van der Waals surface area (Å²) in [4.78, 5) is 16.7. The average Bonchev–Trinajstić information content (AvgIpc) is 3.51. The van der Waals surface area contributed by atoms with E-state index < -0.39 is 0 Å². The predicted molar refractivity (Wildman–Crippen MR) is 151 cm³/mol. The molecule has 0 aromatic carbocycles. The summed E-state index contributed by atoms with van der Waals surface area (Å²) in [5, 5.41) is 11.9. The van der Waals surface area contributed by atoms with E-state index in [9.17, 15) is 0 Å². The molecule has 184 valence electrons. The largest absolute Gasteiger partial charge is 0.358 e. The molecule has 0 unspecified atom stereocenters. The third-order valence-corrected chi connectivity index (χ3v) is 6.20. The first kappa shape index (κ1) is 23.9. The summed E-state index contributed by atoms with van der Waals surface area (Å²) in [6.07, 6.45) is 14.8. The van der Waals surface area contributed by atoms with Crippen molar-refractivity contribution in [2.45, 2.75) is 26.7 Å². The van der Waals surface area contributed by atoms with Gasteiger partial charge in [-0.1, -0.05) is 38.7 Å². The van der Waals surface area contributed by atoms with Crippen molar-refractivity contribution in [1.29, 1.82) is 0 Å². The van der Waals surface area contributed by atoms with E-state index >= 15 is 0 Å². The third kappa shape index (κ3) is 4.97. The van der Waals surface area contributed by atoms with Crippen LogP contribution in [-0.2, 0) is 0 Å². The Labute approximate surface area is 216 Å². The van der Waals surface area contributed by atoms with Gasteiger partial charge < -0.3 is 10.3 Å². The van der Waals surface area contributed by atoms with Crippen LogP contribution in [0.2, 0.25) is 0 Å². The third-order valence-electron chi connectivity index (χ3n) is 6.20. The minimum absolute atomic E-state index is 0.655. The molecule has 0 aliphatic rings. The fourth-order valence-corrected chi connectivity index (χ4v) is 4.46. The van der Waals surface area contributed by atoms with Crippen molar-refractivity contribution in [3.8, 4) is 22.5 Å². The van der Waals surface area contributed by atoms with Crippen molar-refractivity contribution in [3.05, 3.63) is 109 Å². The van der Waals surface area contributed by atoms with E-state index in [0.717, 1.165) is 74.5 Å². The Bertz CT molecular complexity index is 1610. The number of anilines is 1. The fraction of sp³-hybridized carbons (Fsp3) is 0.133. The molecule has 3 N–H and O–H groups in total. The van der Waals surface area contributed by atoms with E-state index in [1.807, 2.05) is 30.6 Å². The van der Waals surface area contributed by atoms with Crippen LogP contribution < -0.4 is 5.32 Å². The van der Waals surface area contributed by atoms with Crippen LogP contribution in [0, 0.1) is 6.92 Å². The molecule has 0 atom stereocenters. The molecule has 0 bridgehead atoms.